The monoisotopic (exact) mass is 502 g/mol. The van der Waals surface area contributed by atoms with Crippen LogP contribution in [0.1, 0.15) is 15.9 Å². The molecule has 0 saturated heterocycles. The first-order valence-electron chi connectivity index (χ1n) is 8.53. The first-order valence-corrected chi connectivity index (χ1v) is 12.6. The number of halogens is 2. The van der Waals surface area contributed by atoms with E-state index in [-0.39, 0.29) is 26.6 Å². The molecule has 158 valence electrons. The van der Waals surface area contributed by atoms with Gasteiger partial charge in [0.25, 0.3) is 15.9 Å². The quantitative estimate of drug-likeness (QED) is 0.267. The van der Waals surface area contributed by atoms with E-state index in [0.29, 0.717) is 10.8 Å². The van der Waals surface area contributed by atoms with Gasteiger partial charge in [0.15, 0.2) is 0 Å². The van der Waals surface area contributed by atoms with Gasteiger partial charge >= 0.3 is 0 Å². The molecule has 30 heavy (non-hydrogen) atoms. The lowest BCUT2D eigenvalue weighted by Crippen LogP contribution is -2.25. The van der Waals surface area contributed by atoms with Crippen molar-refractivity contribution >= 4 is 67.4 Å². The number of nitrogens with one attached hydrogen (secondary N) is 2. The van der Waals surface area contributed by atoms with Crippen LogP contribution in [0.15, 0.2) is 51.7 Å². The molecule has 0 atom stereocenters. The molecular formula is C18H16Cl2N4O3S3. The van der Waals surface area contributed by atoms with Crippen molar-refractivity contribution in [2.45, 2.75) is 16.2 Å². The summed E-state index contributed by atoms with van der Waals surface area (Å²) in [6.45, 7) is 2.23. The van der Waals surface area contributed by atoms with Gasteiger partial charge in [0, 0.05) is 22.2 Å². The van der Waals surface area contributed by atoms with E-state index in [9.17, 15) is 13.2 Å². The third-order valence-electron chi connectivity index (χ3n) is 3.72. The molecule has 2 aromatic carbocycles. The summed E-state index contributed by atoms with van der Waals surface area (Å²) in [6.07, 6.45) is 0. The summed E-state index contributed by atoms with van der Waals surface area (Å²) in [5, 5.41) is 10.5. The molecule has 7 nitrogen and oxygen atoms in total. The number of hydrogen-bond acceptors (Lipinski definition) is 7. The highest BCUT2D eigenvalue weighted by atomic mass is 35.5. The van der Waals surface area contributed by atoms with Gasteiger partial charge in [-0.2, -0.15) is 0 Å². The van der Waals surface area contributed by atoms with Crippen molar-refractivity contribution in [1.29, 1.82) is 0 Å². The van der Waals surface area contributed by atoms with Crippen LogP contribution in [0.25, 0.3) is 0 Å². The Morgan fingerprint density at radius 3 is 2.57 bits per heavy atom. The SMILES string of the molecule is Cc1ccc(SCCNS(=O)(=O)c2nnc(NC(=O)c3ccc(Cl)cc3Cl)s2)cc1. The number of amides is 1. The Morgan fingerprint density at radius 2 is 1.87 bits per heavy atom. The van der Waals surface area contributed by atoms with Crippen LogP contribution in [-0.2, 0) is 10.0 Å². The average Bonchev–Trinajstić information content (AvgIpc) is 3.16. The summed E-state index contributed by atoms with van der Waals surface area (Å²) in [4.78, 5) is 13.4. The Morgan fingerprint density at radius 1 is 1.13 bits per heavy atom. The summed E-state index contributed by atoms with van der Waals surface area (Å²) >= 11 is 14.1. The first kappa shape index (κ1) is 23.0. The fourth-order valence-electron chi connectivity index (χ4n) is 2.25. The highest BCUT2D eigenvalue weighted by molar-refractivity contribution is 7.99. The maximum absolute atomic E-state index is 12.4. The van der Waals surface area contributed by atoms with Gasteiger partial charge in [-0.05, 0) is 37.3 Å². The summed E-state index contributed by atoms with van der Waals surface area (Å²) in [5.74, 6) is 0.0129. The molecule has 0 aliphatic carbocycles. The van der Waals surface area contributed by atoms with Crippen molar-refractivity contribution in [3.63, 3.8) is 0 Å². The van der Waals surface area contributed by atoms with Crippen molar-refractivity contribution in [3.8, 4) is 0 Å². The molecule has 0 aliphatic rings. The number of nitrogens with zero attached hydrogens (tertiary/aromatic N) is 2. The lowest BCUT2D eigenvalue weighted by atomic mass is 10.2. The third kappa shape index (κ3) is 6.16. The zero-order valence-electron chi connectivity index (χ0n) is 15.6. The average molecular weight is 503 g/mol. The van der Waals surface area contributed by atoms with Gasteiger partial charge in [0.05, 0.1) is 10.6 Å². The maximum atomic E-state index is 12.4. The van der Waals surface area contributed by atoms with Gasteiger partial charge in [-0.1, -0.05) is 52.2 Å². The van der Waals surface area contributed by atoms with Crippen LogP contribution < -0.4 is 10.0 Å². The summed E-state index contributed by atoms with van der Waals surface area (Å²) < 4.78 is 27.0. The zero-order valence-corrected chi connectivity index (χ0v) is 19.5. The molecule has 1 aromatic heterocycles. The van der Waals surface area contributed by atoms with Crippen LogP contribution in [0, 0.1) is 6.92 Å². The van der Waals surface area contributed by atoms with Crippen molar-refractivity contribution in [2.75, 3.05) is 17.6 Å². The third-order valence-corrected chi connectivity index (χ3v) is 7.95. The standard InChI is InChI=1S/C18H16Cl2N4O3S3/c1-11-2-5-13(6-3-11)28-9-8-21-30(26,27)18-24-23-17(29-18)22-16(25)14-7-4-12(19)10-15(14)20/h2-7,10,21H,8-9H2,1H3,(H,22,23,25). The number of anilines is 1. The molecule has 12 heteroatoms. The van der Waals surface area contributed by atoms with Crippen LogP contribution in [0.4, 0.5) is 5.13 Å². The Bertz CT molecular complexity index is 1150. The fourth-order valence-corrected chi connectivity index (χ4v) is 5.61. The Labute approximate surface area is 192 Å². The van der Waals surface area contributed by atoms with E-state index in [1.807, 2.05) is 31.2 Å². The molecule has 1 amide bonds. The molecule has 0 bridgehead atoms. The van der Waals surface area contributed by atoms with Crippen LogP contribution in [0.3, 0.4) is 0 Å². The second kappa shape index (κ2) is 10.1. The summed E-state index contributed by atoms with van der Waals surface area (Å²) in [7, 11) is -3.83. The molecule has 0 fully saturated rings. The van der Waals surface area contributed by atoms with Crippen LogP contribution >= 0.6 is 46.3 Å². The van der Waals surface area contributed by atoms with Gasteiger partial charge in [0.1, 0.15) is 0 Å². The Hall–Kier alpha value is -1.69. The van der Waals surface area contributed by atoms with Crippen molar-refractivity contribution in [1.82, 2.24) is 14.9 Å². The van der Waals surface area contributed by atoms with Crippen LogP contribution in [0.5, 0.6) is 0 Å². The van der Waals surface area contributed by atoms with E-state index >= 15 is 0 Å². The molecule has 1 heterocycles. The molecule has 0 radical (unpaired) electrons. The molecule has 3 aromatic rings. The van der Waals surface area contributed by atoms with Gasteiger partial charge in [0.2, 0.25) is 9.47 Å². The zero-order chi connectivity index (χ0) is 21.7. The minimum Gasteiger partial charge on any atom is -0.296 e. The second-order valence-corrected chi connectivity index (χ2v) is 10.9. The van der Waals surface area contributed by atoms with Crippen LogP contribution in [-0.4, -0.2) is 36.8 Å². The minimum atomic E-state index is -3.83. The maximum Gasteiger partial charge on any atom is 0.269 e. The van der Waals surface area contributed by atoms with E-state index in [2.05, 4.69) is 20.2 Å². The highest BCUT2D eigenvalue weighted by Gasteiger charge is 2.21. The predicted molar refractivity (Wildman–Crippen MR) is 121 cm³/mol. The number of aryl methyl sites for hydroxylation is 1. The lowest BCUT2D eigenvalue weighted by Gasteiger charge is -2.04. The number of sulfonamides is 1. The van der Waals surface area contributed by atoms with Gasteiger partial charge < -0.3 is 0 Å². The molecule has 2 N–H and O–H groups in total. The number of aromatic nitrogens is 2. The van der Waals surface area contributed by atoms with Gasteiger partial charge in [-0.25, -0.2) is 13.1 Å². The van der Waals surface area contributed by atoms with Crippen LogP contribution in [0.2, 0.25) is 10.0 Å². The summed E-state index contributed by atoms with van der Waals surface area (Å²) in [6, 6.07) is 12.4. The predicted octanol–water partition coefficient (Wildman–Crippen LogP) is 4.48. The lowest BCUT2D eigenvalue weighted by molar-refractivity contribution is 0.102. The minimum absolute atomic E-state index is 0.0421. The first-order chi connectivity index (χ1) is 14.2. The largest absolute Gasteiger partial charge is 0.296 e. The summed E-state index contributed by atoms with van der Waals surface area (Å²) in [5.41, 5.74) is 1.35. The second-order valence-electron chi connectivity index (χ2n) is 6.01. The number of thioether (sulfide) groups is 1. The fraction of sp³-hybridized carbons (Fsp3) is 0.167. The molecule has 0 aliphatic heterocycles. The number of hydrogen-bond donors (Lipinski definition) is 2. The van der Waals surface area contributed by atoms with Crippen molar-refractivity contribution < 1.29 is 13.2 Å². The highest BCUT2D eigenvalue weighted by Crippen LogP contribution is 2.24. The number of rotatable bonds is 8. The van der Waals surface area contributed by atoms with E-state index in [1.165, 1.54) is 18.2 Å². The van der Waals surface area contributed by atoms with Gasteiger partial charge in [-0.3, -0.25) is 10.1 Å². The number of benzene rings is 2. The van der Waals surface area contributed by atoms with E-state index in [1.54, 1.807) is 11.8 Å². The Kier molecular flexibility index (Phi) is 7.72. The molecule has 0 saturated carbocycles. The molecule has 3 rings (SSSR count). The number of carbonyl (C=O) groups excluding carboxylic acids is 1. The van der Waals surface area contributed by atoms with Crippen molar-refractivity contribution in [2.24, 2.45) is 0 Å². The van der Waals surface area contributed by atoms with E-state index in [0.717, 1.165) is 21.8 Å². The van der Waals surface area contributed by atoms with E-state index < -0.39 is 15.9 Å². The number of carbonyl (C=O) groups is 1. The molecular weight excluding hydrogens is 487 g/mol. The molecule has 0 unspecified atom stereocenters. The normalized spacial score (nSPS) is 11.4. The Balaban J connectivity index is 1.55. The van der Waals surface area contributed by atoms with Crippen molar-refractivity contribution in [3.05, 3.63) is 63.6 Å². The topological polar surface area (TPSA) is 101 Å². The molecule has 0 spiro atoms. The van der Waals surface area contributed by atoms with E-state index in [4.69, 9.17) is 23.2 Å². The van der Waals surface area contributed by atoms with Gasteiger partial charge in [-0.15, -0.1) is 22.0 Å². The smallest absolute Gasteiger partial charge is 0.269 e.